The fourth-order valence-electron chi connectivity index (χ4n) is 3.69. The van der Waals surface area contributed by atoms with Gasteiger partial charge in [-0.1, -0.05) is 30.3 Å². The van der Waals surface area contributed by atoms with Gasteiger partial charge in [0.1, 0.15) is 11.5 Å². The Balaban J connectivity index is 1.95. The first-order valence-electron chi connectivity index (χ1n) is 11.8. The molecule has 1 heterocycles. The predicted octanol–water partition coefficient (Wildman–Crippen LogP) is 4.78. The number of hydrogen-bond donors (Lipinski definition) is 1. The van der Waals surface area contributed by atoms with Crippen LogP contribution in [0.1, 0.15) is 26.3 Å². The first-order chi connectivity index (χ1) is 17.1. The monoisotopic (exact) mass is 503 g/mol. The van der Waals surface area contributed by atoms with Crippen molar-refractivity contribution >= 4 is 0 Å². The van der Waals surface area contributed by atoms with Gasteiger partial charge in [-0.15, -0.1) is 0 Å². The third-order valence-corrected chi connectivity index (χ3v) is 5.41. The van der Waals surface area contributed by atoms with E-state index in [1.807, 2.05) is 56.0 Å². The molecule has 36 heavy (non-hydrogen) atoms. The summed E-state index contributed by atoms with van der Waals surface area (Å²) < 4.78 is 46.4. The highest BCUT2D eigenvalue weighted by molar-refractivity contribution is 5.65. The Kier molecular flexibility index (Phi) is 9.56. The van der Waals surface area contributed by atoms with Gasteiger partial charge in [0.05, 0.1) is 30.5 Å². The van der Waals surface area contributed by atoms with Crippen molar-refractivity contribution in [2.24, 2.45) is 7.05 Å². The lowest BCUT2D eigenvalue weighted by Crippen LogP contribution is -2.38. The Morgan fingerprint density at radius 1 is 1.11 bits per heavy atom. The van der Waals surface area contributed by atoms with Crippen molar-refractivity contribution in [3.05, 3.63) is 65.7 Å². The van der Waals surface area contributed by atoms with E-state index in [0.29, 0.717) is 43.4 Å². The van der Waals surface area contributed by atoms with Gasteiger partial charge in [-0.2, -0.15) is 5.10 Å². The maximum Gasteiger partial charge on any atom is 0.222 e. The molecular formula is C27H35F2N3O4. The van der Waals surface area contributed by atoms with Gasteiger partial charge in [0.25, 0.3) is 0 Å². The van der Waals surface area contributed by atoms with Crippen LogP contribution in [0.3, 0.4) is 0 Å². The molecule has 0 aliphatic rings. The number of ether oxygens (including phenoxy) is 3. The number of aliphatic hydroxyl groups excluding tert-OH is 1. The molecule has 0 fully saturated rings. The molecule has 0 spiro atoms. The highest BCUT2D eigenvalue weighted by Gasteiger charge is 2.24. The van der Waals surface area contributed by atoms with Crippen LogP contribution >= 0.6 is 0 Å². The van der Waals surface area contributed by atoms with Gasteiger partial charge >= 0.3 is 0 Å². The van der Waals surface area contributed by atoms with Gasteiger partial charge in [-0.25, -0.2) is 13.5 Å². The molecule has 0 saturated heterocycles. The molecular weight excluding hydrogens is 468 g/mol. The highest BCUT2D eigenvalue weighted by Crippen LogP contribution is 2.35. The van der Waals surface area contributed by atoms with Crippen molar-refractivity contribution in [3.63, 3.8) is 0 Å². The van der Waals surface area contributed by atoms with Crippen molar-refractivity contribution < 1.29 is 28.1 Å². The fraction of sp³-hybridized carbons (Fsp3) is 0.444. The van der Waals surface area contributed by atoms with E-state index in [1.54, 1.807) is 14.2 Å². The summed E-state index contributed by atoms with van der Waals surface area (Å²) in [6.07, 6.45) is -0.739. The molecule has 1 aromatic heterocycles. The standard InChI is InChI=1S/C27H35F2N3O4/c1-27(2,3)35-18-21(33)16-32(13-14-34-5)17-22-25(19-9-7-6-8-10-19)30-31(4)26(22)36-24-12-11-20(28)15-23(24)29/h6-12,15,21,33H,13-14,16-18H2,1-5H3/t21-/m1/s1. The third kappa shape index (κ3) is 7.83. The minimum atomic E-state index is -0.811. The van der Waals surface area contributed by atoms with Gasteiger partial charge in [-0.05, 0) is 32.9 Å². The fourth-order valence-corrected chi connectivity index (χ4v) is 3.69. The Morgan fingerprint density at radius 2 is 1.83 bits per heavy atom. The number of hydrogen-bond acceptors (Lipinski definition) is 6. The quantitative estimate of drug-likeness (QED) is 0.384. The average Bonchev–Trinajstić information content (AvgIpc) is 3.12. The van der Waals surface area contributed by atoms with Gasteiger partial charge < -0.3 is 19.3 Å². The number of aromatic nitrogens is 2. The molecule has 0 bridgehead atoms. The van der Waals surface area contributed by atoms with Crippen LogP contribution in [-0.4, -0.2) is 64.9 Å². The Bertz CT molecular complexity index is 1120. The smallest absolute Gasteiger partial charge is 0.222 e. The summed E-state index contributed by atoms with van der Waals surface area (Å²) in [6.45, 7) is 7.59. The van der Waals surface area contributed by atoms with E-state index in [0.717, 1.165) is 17.7 Å². The molecule has 1 N–H and O–H groups in total. The van der Waals surface area contributed by atoms with Crippen molar-refractivity contribution in [2.75, 3.05) is 33.4 Å². The van der Waals surface area contributed by atoms with E-state index in [2.05, 4.69) is 5.10 Å². The first kappa shape index (κ1) is 27.7. The molecule has 3 aromatic rings. The molecule has 0 radical (unpaired) electrons. The van der Waals surface area contributed by atoms with Crippen LogP contribution in [0.15, 0.2) is 48.5 Å². The Hall–Kier alpha value is -2.85. The summed E-state index contributed by atoms with van der Waals surface area (Å²) in [4.78, 5) is 2.01. The molecule has 0 amide bonds. The lowest BCUT2D eigenvalue weighted by molar-refractivity contribution is -0.0576. The lowest BCUT2D eigenvalue weighted by Gasteiger charge is -2.27. The second kappa shape index (κ2) is 12.4. The first-order valence-corrected chi connectivity index (χ1v) is 11.8. The van der Waals surface area contributed by atoms with E-state index >= 15 is 0 Å². The topological polar surface area (TPSA) is 69.0 Å². The van der Waals surface area contributed by atoms with Gasteiger partial charge in [0.15, 0.2) is 11.6 Å². The molecule has 3 rings (SSSR count). The molecule has 0 aliphatic heterocycles. The van der Waals surface area contributed by atoms with Crippen LogP contribution in [0.4, 0.5) is 8.78 Å². The van der Waals surface area contributed by atoms with E-state index in [1.165, 1.54) is 10.7 Å². The van der Waals surface area contributed by atoms with Crippen LogP contribution in [0.5, 0.6) is 11.6 Å². The van der Waals surface area contributed by atoms with Crippen molar-refractivity contribution in [1.29, 1.82) is 0 Å². The summed E-state index contributed by atoms with van der Waals surface area (Å²) in [5.41, 5.74) is 1.86. The summed E-state index contributed by atoms with van der Waals surface area (Å²) in [7, 11) is 3.32. The van der Waals surface area contributed by atoms with E-state index in [-0.39, 0.29) is 18.0 Å². The number of methoxy groups -OCH3 is 1. The van der Waals surface area contributed by atoms with Gasteiger partial charge in [0, 0.05) is 45.4 Å². The summed E-state index contributed by atoms with van der Waals surface area (Å²) in [5, 5.41) is 15.3. The third-order valence-electron chi connectivity index (χ3n) is 5.41. The van der Waals surface area contributed by atoms with Crippen LogP contribution in [-0.2, 0) is 23.1 Å². The number of benzene rings is 2. The normalized spacial score (nSPS) is 12.8. The molecule has 0 aliphatic carbocycles. The van der Waals surface area contributed by atoms with Crippen LogP contribution in [0.25, 0.3) is 11.3 Å². The maximum atomic E-state index is 14.4. The molecule has 1 atom stereocenters. The van der Waals surface area contributed by atoms with Crippen molar-refractivity contribution in [3.8, 4) is 22.9 Å². The molecule has 9 heteroatoms. The highest BCUT2D eigenvalue weighted by atomic mass is 19.1. The summed E-state index contributed by atoms with van der Waals surface area (Å²) >= 11 is 0. The molecule has 0 saturated carbocycles. The maximum absolute atomic E-state index is 14.4. The number of rotatable bonds is 12. The average molecular weight is 504 g/mol. The van der Waals surface area contributed by atoms with Crippen LogP contribution < -0.4 is 4.74 Å². The Morgan fingerprint density at radius 3 is 2.47 bits per heavy atom. The van der Waals surface area contributed by atoms with Crippen molar-refractivity contribution in [1.82, 2.24) is 14.7 Å². The SMILES string of the molecule is COCCN(Cc1c(-c2ccccc2)nn(C)c1Oc1ccc(F)cc1F)C[C@@H](O)COC(C)(C)C. The predicted molar refractivity (Wildman–Crippen MR) is 134 cm³/mol. The molecule has 0 unspecified atom stereocenters. The zero-order chi connectivity index (χ0) is 26.3. The number of nitrogens with zero attached hydrogens (tertiary/aromatic N) is 3. The molecule has 2 aromatic carbocycles. The van der Waals surface area contributed by atoms with E-state index in [4.69, 9.17) is 14.2 Å². The van der Waals surface area contributed by atoms with E-state index < -0.39 is 17.7 Å². The largest absolute Gasteiger partial charge is 0.436 e. The summed E-state index contributed by atoms with van der Waals surface area (Å²) in [6, 6.07) is 12.8. The zero-order valence-electron chi connectivity index (χ0n) is 21.5. The number of aryl methyl sites for hydroxylation is 1. The lowest BCUT2D eigenvalue weighted by atomic mass is 10.1. The number of halogens is 2. The minimum absolute atomic E-state index is 0.109. The summed E-state index contributed by atoms with van der Waals surface area (Å²) in [5.74, 6) is -1.29. The van der Waals surface area contributed by atoms with E-state index in [9.17, 15) is 13.9 Å². The minimum Gasteiger partial charge on any atom is -0.436 e. The van der Waals surface area contributed by atoms with Gasteiger partial charge in [0.2, 0.25) is 5.88 Å². The molecule has 196 valence electrons. The second-order valence-corrected chi connectivity index (χ2v) is 9.60. The second-order valence-electron chi connectivity index (χ2n) is 9.60. The van der Waals surface area contributed by atoms with Gasteiger partial charge in [-0.3, -0.25) is 4.90 Å². The zero-order valence-corrected chi connectivity index (χ0v) is 21.5. The van der Waals surface area contributed by atoms with Crippen molar-refractivity contribution in [2.45, 2.75) is 39.0 Å². The van der Waals surface area contributed by atoms with Crippen LogP contribution in [0, 0.1) is 11.6 Å². The number of aliphatic hydroxyl groups is 1. The molecule has 7 nitrogen and oxygen atoms in total. The van der Waals surface area contributed by atoms with Crippen LogP contribution in [0.2, 0.25) is 0 Å². The Labute approximate surface area is 211 Å².